The summed E-state index contributed by atoms with van der Waals surface area (Å²) in [6.07, 6.45) is 2.18. The number of piperidine rings is 1. The van der Waals surface area contributed by atoms with Gasteiger partial charge in [0, 0.05) is 18.2 Å². The third-order valence-corrected chi connectivity index (χ3v) is 6.01. The lowest BCUT2D eigenvalue weighted by atomic mass is 9.99. The van der Waals surface area contributed by atoms with Crippen LogP contribution < -0.4 is 5.32 Å². The molecule has 2 aromatic carbocycles. The summed E-state index contributed by atoms with van der Waals surface area (Å²) < 4.78 is 1.22. The van der Waals surface area contributed by atoms with Crippen molar-refractivity contribution in [2.24, 2.45) is 0 Å². The van der Waals surface area contributed by atoms with Gasteiger partial charge in [-0.3, -0.25) is 9.69 Å². The Bertz CT molecular complexity index is 974. The first-order valence-electron chi connectivity index (χ1n) is 9.09. The smallest absolute Gasteiger partial charge is 0.238 e. The number of nitriles is 1. The SMILES string of the molecule is N#Cc1cccc(NC(=O)CN2CCC[C@H](c3nc4ccccc4s3)C2)c1. The van der Waals surface area contributed by atoms with Crippen LogP contribution in [0.2, 0.25) is 0 Å². The summed E-state index contributed by atoms with van der Waals surface area (Å²) in [5, 5.41) is 13.0. The van der Waals surface area contributed by atoms with E-state index < -0.39 is 0 Å². The molecule has 5 nitrogen and oxygen atoms in total. The van der Waals surface area contributed by atoms with Crippen LogP contribution in [-0.4, -0.2) is 35.4 Å². The van der Waals surface area contributed by atoms with Crippen LogP contribution in [0.15, 0.2) is 48.5 Å². The van der Waals surface area contributed by atoms with Crippen LogP contribution >= 0.6 is 11.3 Å². The van der Waals surface area contributed by atoms with Gasteiger partial charge in [-0.15, -0.1) is 11.3 Å². The summed E-state index contributed by atoms with van der Waals surface area (Å²) in [4.78, 5) is 19.4. The highest BCUT2D eigenvalue weighted by atomic mass is 32.1. The minimum absolute atomic E-state index is 0.0463. The lowest BCUT2D eigenvalue weighted by molar-refractivity contribution is -0.117. The summed E-state index contributed by atoms with van der Waals surface area (Å²) in [6, 6.07) is 17.3. The highest BCUT2D eigenvalue weighted by Gasteiger charge is 2.25. The molecule has 3 aromatic rings. The maximum absolute atomic E-state index is 12.4. The summed E-state index contributed by atoms with van der Waals surface area (Å²) in [7, 11) is 0. The van der Waals surface area contributed by atoms with Crippen molar-refractivity contribution in [2.45, 2.75) is 18.8 Å². The molecule has 0 saturated carbocycles. The van der Waals surface area contributed by atoms with E-state index in [4.69, 9.17) is 10.2 Å². The van der Waals surface area contributed by atoms with E-state index in [2.05, 4.69) is 28.4 Å². The second-order valence-electron chi connectivity index (χ2n) is 6.83. The fourth-order valence-corrected chi connectivity index (χ4v) is 4.63. The number of nitrogens with zero attached hydrogens (tertiary/aromatic N) is 3. The highest BCUT2D eigenvalue weighted by molar-refractivity contribution is 7.18. The second kappa shape index (κ2) is 7.87. The van der Waals surface area contributed by atoms with Crippen LogP contribution in [-0.2, 0) is 4.79 Å². The molecular weight excluding hydrogens is 356 g/mol. The van der Waals surface area contributed by atoms with E-state index in [-0.39, 0.29) is 5.91 Å². The molecule has 1 fully saturated rings. The van der Waals surface area contributed by atoms with E-state index in [1.807, 2.05) is 12.1 Å². The molecular formula is C21H20N4OS. The number of hydrogen-bond acceptors (Lipinski definition) is 5. The molecule has 27 heavy (non-hydrogen) atoms. The Hall–Kier alpha value is -2.75. The van der Waals surface area contributed by atoms with Gasteiger partial charge in [-0.1, -0.05) is 18.2 Å². The van der Waals surface area contributed by atoms with Crippen molar-refractivity contribution in [1.82, 2.24) is 9.88 Å². The lowest BCUT2D eigenvalue weighted by Crippen LogP contribution is -2.39. The summed E-state index contributed by atoms with van der Waals surface area (Å²) in [5.41, 5.74) is 2.27. The maximum Gasteiger partial charge on any atom is 0.238 e. The van der Waals surface area contributed by atoms with Crippen LogP contribution in [0.4, 0.5) is 5.69 Å². The van der Waals surface area contributed by atoms with Crippen molar-refractivity contribution in [3.8, 4) is 6.07 Å². The van der Waals surface area contributed by atoms with E-state index in [1.54, 1.807) is 35.6 Å². The summed E-state index contributed by atoms with van der Waals surface area (Å²) in [5.74, 6) is 0.334. The van der Waals surface area contributed by atoms with Crippen molar-refractivity contribution < 1.29 is 4.79 Å². The molecule has 1 aliphatic heterocycles. The van der Waals surface area contributed by atoms with Crippen molar-refractivity contribution in [3.63, 3.8) is 0 Å². The van der Waals surface area contributed by atoms with Crippen molar-refractivity contribution >= 4 is 33.1 Å². The minimum atomic E-state index is -0.0463. The van der Waals surface area contributed by atoms with Crippen LogP contribution in [0.25, 0.3) is 10.2 Å². The normalized spacial score (nSPS) is 17.5. The van der Waals surface area contributed by atoms with Gasteiger partial charge in [0.25, 0.3) is 0 Å². The van der Waals surface area contributed by atoms with Gasteiger partial charge in [-0.05, 0) is 49.7 Å². The number of para-hydroxylation sites is 1. The first-order valence-corrected chi connectivity index (χ1v) is 9.91. The Morgan fingerprint density at radius 1 is 1.30 bits per heavy atom. The molecule has 0 bridgehead atoms. The van der Waals surface area contributed by atoms with E-state index in [1.165, 1.54) is 9.71 Å². The number of amides is 1. The molecule has 1 N–H and O–H groups in total. The molecule has 0 unspecified atom stereocenters. The number of carbonyl (C=O) groups is 1. The third kappa shape index (κ3) is 4.16. The van der Waals surface area contributed by atoms with E-state index >= 15 is 0 Å². The molecule has 1 aliphatic rings. The van der Waals surface area contributed by atoms with Gasteiger partial charge in [0.05, 0.1) is 33.4 Å². The number of rotatable bonds is 4. The number of anilines is 1. The predicted molar refractivity (Wildman–Crippen MR) is 108 cm³/mol. The molecule has 1 aromatic heterocycles. The van der Waals surface area contributed by atoms with Crippen LogP contribution in [0.1, 0.15) is 29.3 Å². The standard InChI is InChI=1S/C21H20N4OS/c22-12-15-5-3-7-17(11-15)23-20(26)14-25-10-4-6-16(13-25)21-24-18-8-1-2-9-19(18)27-21/h1-3,5,7-9,11,16H,4,6,10,13-14H2,(H,23,26)/t16-/m0/s1. The molecule has 136 valence electrons. The third-order valence-electron chi connectivity index (χ3n) is 4.81. The topological polar surface area (TPSA) is 69.0 Å². The Morgan fingerprint density at radius 2 is 2.19 bits per heavy atom. The second-order valence-corrected chi connectivity index (χ2v) is 7.90. The number of fused-ring (bicyclic) bond motifs is 1. The zero-order chi connectivity index (χ0) is 18.6. The number of thiazole rings is 1. The molecule has 4 rings (SSSR count). The Morgan fingerprint density at radius 3 is 3.04 bits per heavy atom. The van der Waals surface area contributed by atoms with Crippen LogP contribution in [0, 0.1) is 11.3 Å². The van der Waals surface area contributed by atoms with E-state index in [0.717, 1.165) is 31.4 Å². The monoisotopic (exact) mass is 376 g/mol. The quantitative estimate of drug-likeness (QED) is 0.748. The summed E-state index contributed by atoms with van der Waals surface area (Å²) >= 11 is 1.76. The van der Waals surface area contributed by atoms with Gasteiger partial charge < -0.3 is 5.32 Å². The Balaban J connectivity index is 1.39. The maximum atomic E-state index is 12.4. The van der Waals surface area contributed by atoms with E-state index in [0.29, 0.717) is 23.7 Å². The summed E-state index contributed by atoms with van der Waals surface area (Å²) in [6.45, 7) is 2.14. The number of benzene rings is 2. The van der Waals surface area contributed by atoms with Crippen LogP contribution in [0.3, 0.4) is 0 Å². The fraction of sp³-hybridized carbons (Fsp3) is 0.286. The van der Waals surface area contributed by atoms with Crippen molar-refractivity contribution in [3.05, 3.63) is 59.1 Å². The largest absolute Gasteiger partial charge is 0.325 e. The molecule has 2 heterocycles. The van der Waals surface area contributed by atoms with Crippen molar-refractivity contribution in [2.75, 3.05) is 25.0 Å². The highest BCUT2D eigenvalue weighted by Crippen LogP contribution is 2.32. The predicted octanol–water partition coefficient (Wildman–Crippen LogP) is 3.99. The van der Waals surface area contributed by atoms with Gasteiger partial charge in [-0.25, -0.2) is 4.98 Å². The molecule has 1 atom stereocenters. The van der Waals surface area contributed by atoms with Gasteiger partial charge in [0.15, 0.2) is 0 Å². The molecule has 0 spiro atoms. The van der Waals surface area contributed by atoms with Crippen LogP contribution in [0.5, 0.6) is 0 Å². The molecule has 1 amide bonds. The van der Waals surface area contributed by atoms with E-state index in [9.17, 15) is 4.79 Å². The van der Waals surface area contributed by atoms with Gasteiger partial charge in [0.2, 0.25) is 5.91 Å². The minimum Gasteiger partial charge on any atom is -0.325 e. The first-order chi connectivity index (χ1) is 13.2. The number of nitrogens with one attached hydrogen (secondary N) is 1. The zero-order valence-electron chi connectivity index (χ0n) is 14.9. The molecule has 0 aliphatic carbocycles. The van der Waals surface area contributed by atoms with Gasteiger partial charge in [-0.2, -0.15) is 5.26 Å². The number of likely N-dealkylation sites (tertiary alicyclic amines) is 1. The zero-order valence-corrected chi connectivity index (χ0v) is 15.7. The lowest BCUT2D eigenvalue weighted by Gasteiger charge is -2.31. The van der Waals surface area contributed by atoms with Gasteiger partial charge in [0.1, 0.15) is 0 Å². The Labute approximate surface area is 162 Å². The fourth-order valence-electron chi connectivity index (χ4n) is 3.54. The number of hydrogen-bond donors (Lipinski definition) is 1. The number of carbonyl (C=O) groups excluding carboxylic acids is 1. The molecule has 0 radical (unpaired) electrons. The van der Waals surface area contributed by atoms with Crippen molar-refractivity contribution in [1.29, 1.82) is 5.26 Å². The molecule has 1 saturated heterocycles. The Kier molecular flexibility index (Phi) is 5.14. The van der Waals surface area contributed by atoms with Gasteiger partial charge >= 0.3 is 0 Å². The molecule has 6 heteroatoms. The average molecular weight is 376 g/mol. The number of aromatic nitrogens is 1. The first kappa shape index (κ1) is 17.7. The average Bonchev–Trinajstić information content (AvgIpc) is 3.12.